The first-order valence-corrected chi connectivity index (χ1v) is 5.23. The lowest BCUT2D eigenvalue weighted by atomic mass is 10.0. The van der Waals surface area contributed by atoms with Crippen molar-refractivity contribution in [2.75, 3.05) is 0 Å². The Labute approximate surface area is 91.2 Å². The van der Waals surface area contributed by atoms with Gasteiger partial charge in [-0.1, -0.05) is 32.8 Å². The number of carboxylic acids is 1. The highest BCUT2D eigenvalue weighted by Gasteiger charge is 2.04. The Hall–Kier alpha value is -1.38. The van der Waals surface area contributed by atoms with Crippen LogP contribution in [-0.2, 0) is 4.79 Å². The minimum atomic E-state index is -0.684. The molecule has 0 aliphatic carbocycles. The third-order valence-electron chi connectivity index (χ3n) is 1.87. The van der Waals surface area contributed by atoms with Crippen molar-refractivity contribution in [1.82, 2.24) is 4.98 Å². The van der Waals surface area contributed by atoms with Gasteiger partial charge in [-0.25, -0.2) is 0 Å². The van der Waals surface area contributed by atoms with Crippen molar-refractivity contribution in [3.8, 4) is 0 Å². The molecule has 0 bridgehead atoms. The van der Waals surface area contributed by atoms with Crippen molar-refractivity contribution < 1.29 is 9.90 Å². The fraction of sp³-hybridized carbons (Fsp3) is 0.500. The fourth-order valence-corrected chi connectivity index (χ4v) is 1.21. The Morgan fingerprint density at radius 2 is 1.93 bits per heavy atom. The second-order valence-corrected chi connectivity index (χ2v) is 3.52. The molecule has 1 N–H and O–H groups in total. The predicted molar refractivity (Wildman–Crippen MR) is 60.6 cm³/mol. The number of carboxylic acid groups (broad SMARTS) is 1. The third-order valence-corrected chi connectivity index (χ3v) is 1.87. The Balaban J connectivity index is 0.000000280. The second kappa shape index (κ2) is 9.19. The van der Waals surface area contributed by atoms with Crippen molar-refractivity contribution in [2.45, 2.75) is 33.1 Å². The van der Waals surface area contributed by atoms with Crippen molar-refractivity contribution in [3.05, 3.63) is 30.6 Å². The quantitative estimate of drug-likeness (QED) is 0.829. The second-order valence-electron chi connectivity index (χ2n) is 3.52. The highest BCUT2D eigenvalue weighted by molar-refractivity contribution is 5.66. The summed E-state index contributed by atoms with van der Waals surface area (Å²) in [7, 11) is 0. The summed E-state index contributed by atoms with van der Waals surface area (Å²) in [6.45, 7) is 4.04. The summed E-state index contributed by atoms with van der Waals surface area (Å²) in [5.41, 5.74) is 0. The molecular formula is C12H19NO2. The van der Waals surface area contributed by atoms with Gasteiger partial charge in [0.15, 0.2) is 0 Å². The highest BCUT2D eigenvalue weighted by atomic mass is 16.4. The Morgan fingerprint density at radius 3 is 2.20 bits per heavy atom. The molecule has 3 nitrogen and oxygen atoms in total. The summed E-state index contributed by atoms with van der Waals surface area (Å²) < 4.78 is 0. The van der Waals surface area contributed by atoms with E-state index in [0.717, 1.165) is 12.8 Å². The minimum absolute atomic E-state index is 0.313. The number of carbonyl (C=O) groups is 1. The Kier molecular flexibility index (Phi) is 8.34. The molecule has 1 atom stereocenters. The molecule has 0 fully saturated rings. The molecule has 0 saturated heterocycles. The molecule has 1 aromatic rings. The molecule has 0 unspecified atom stereocenters. The van der Waals surface area contributed by atoms with Crippen molar-refractivity contribution >= 4 is 5.97 Å². The van der Waals surface area contributed by atoms with Crippen LogP contribution in [0.4, 0.5) is 0 Å². The zero-order chi connectivity index (χ0) is 11.5. The molecule has 84 valence electrons. The van der Waals surface area contributed by atoms with E-state index in [-0.39, 0.29) is 0 Å². The zero-order valence-electron chi connectivity index (χ0n) is 9.39. The van der Waals surface area contributed by atoms with E-state index >= 15 is 0 Å². The summed E-state index contributed by atoms with van der Waals surface area (Å²) in [5.74, 6) is -0.344. The summed E-state index contributed by atoms with van der Waals surface area (Å²) >= 11 is 0. The van der Waals surface area contributed by atoms with Gasteiger partial charge in [0.05, 0.1) is 0 Å². The van der Waals surface area contributed by atoms with Gasteiger partial charge in [0.2, 0.25) is 0 Å². The van der Waals surface area contributed by atoms with E-state index in [4.69, 9.17) is 5.11 Å². The fourth-order valence-electron chi connectivity index (χ4n) is 1.21. The Morgan fingerprint density at radius 1 is 1.33 bits per heavy atom. The minimum Gasteiger partial charge on any atom is -0.481 e. The van der Waals surface area contributed by atoms with E-state index in [0.29, 0.717) is 12.3 Å². The lowest BCUT2D eigenvalue weighted by Gasteiger charge is -2.03. The lowest BCUT2D eigenvalue weighted by Crippen LogP contribution is -2.03. The van der Waals surface area contributed by atoms with E-state index < -0.39 is 5.97 Å². The number of aromatic nitrogens is 1. The first kappa shape index (κ1) is 13.6. The van der Waals surface area contributed by atoms with E-state index in [1.54, 1.807) is 12.4 Å². The molecule has 3 heteroatoms. The molecular weight excluding hydrogens is 190 g/mol. The maximum atomic E-state index is 10.1. The molecule has 0 amide bonds. The monoisotopic (exact) mass is 209 g/mol. The van der Waals surface area contributed by atoms with Gasteiger partial charge in [-0.15, -0.1) is 0 Å². The molecule has 0 aliphatic heterocycles. The highest BCUT2D eigenvalue weighted by Crippen LogP contribution is 2.08. The van der Waals surface area contributed by atoms with Gasteiger partial charge in [0.25, 0.3) is 0 Å². The summed E-state index contributed by atoms with van der Waals surface area (Å²) in [6, 6.07) is 5.72. The molecule has 15 heavy (non-hydrogen) atoms. The van der Waals surface area contributed by atoms with Gasteiger partial charge in [0.1, 0.15) is 0 Å². The van der Waals surface area contributed by atoms with Crippen LogP contribution in [0.2, 0.25) is 0 Å². The van der Waals surface area contributed by atoms with Crippen LogP contribution in [0.1, 0.15) is 33.1 Å². The SMILES string of the molecule is CCC[C@@H](C)CC(=O)O.c1ccncc1. The smallest absolute Gasteiger partial charge is 0.303 e. The topological polar surface area (TPSA) is 50.2 Å². The molecule has 1 rings (SSSR count). The Bertz CT molecular complexity index is 222. The number of aliphatic carboxylic acids is 1. The van der Waals surface area contributed by atoms with Crippen LogP contribution < -0.4 is 0 Å². The van der Waals surface area contributed by atoms with Gasteiger partial charge in [-0.3, -0.25) is 9.78 Å². The molecule has 1 heterocycles. The van der Waals surface area contributed by atoms with E-state index in [2.05, 4.69) is 11.9 Å². The van der Waals surface area contributed by atoms with E-state index in [1.165, 1.54) is 0 Å². The predicted octanol–water partition coefficient (Wildman–Crippen LogP) is 2.98. The van der Waals surface area contributed by atoms with E-state index in [9.17, 15) is 4.79 Å². The van der Waals surface area contributed by atoms with Gasteiger partial charge in [-0.2, -0.15) is 0 Å². The molecule has 0 saturated carbocycles. The normalized spacial score (nSPS) is 11.1. The number of hydrogen-bond donors (Lipinski definition) is 1. The average Bonchev–Trinajstić information content (AvgIpc) is 2.20. The van der Waals surface area contributed by atoms with Crippen LogP contribution in [0.25, 0.3) is 0 Å². The molecule has 1 aromatic heterocycles. The van der Waals surface area contributed by atoms with Gasteiger partial charge in [0, 0.05) is 18.8 Å². The molecule has 0 radical (unpaired) electrons. The largest absolute Gasteiger partial charge is 0.481 e. The zero-order valence-corrected chi connectivity index (χ0v) is 9.39. The van der Waals surface area contributed by atoms with E-state index in [1.807, 2.05) is 25.1 Å². The van der Waals surface area contributed by atoms with Crippen LogP contribution in [0.3, 0.4) is 0 Å². The number of rotatable bonds is 4. The lowest BCUT2D eigenvalue weighted by molar-refractivity contribution is -0.138. The van der Waals surface area contributed by atoms with Crippen molar-refractivity contribution in [1.29, 1.82) is 0 Å². The van der Waals surface area contributed by atoms with Crippen LogP contribution in [0.5, 0.6) is 0 Å². The molecule has 0 aliphatic rings. The van der Waals surface area contributed by atoms with Gasteiger partial charge in [-0.05, 0) is 18.1 Å². The standard InChI is InChI=1S/C7H14O2.C5H5N/c1-3-4-6(2)5-7(8)9;1-2-4-6-5-3-1/h6H,3-5H2,1-2H3,(H,8,9);1-5H/t6-;/m1./s1. The summed E-state index contributed by atoms with van der Waals surface area (Å²) in [6.07, 6.45) is 5.91. The first-order chi connectivity index (χ1) is 7.16. The maximum absolute atomic E-state index is 10.1. The summed E-state index contributed by atoms with van der Waals surface area (Å²) in [4.78, 5) is 13.9. The number of nitrogens with zero attached hydrogens (tertiary/aromatic N) is 1. The summed E-state index contributed by atoms with van der Waals surface area (Å²) in [5, 5.41) is 8.31. The van der Waals surface area contributed by atoms with Gasteiger partial charge >= 0.3 is 5.97 Å². The van der Waals surface area contributed by atoms with Crippen molar-refractivity contribution in [3.63, 3.8) is 0 Å². The van der Waals surface area contributed by atoms with Crippen LogP contribution >= 0.6 is 0 Å². The van der Waals surface area contributed by atoms with Crippen LogP contribution in [-0.4, -0.2) is 16.1 Å². The van der Waals surface area contributed by atoms with Gasteiger partial charge < -0.3 is 5.11 Å². The van der Waals surface area contributed by atoms with Crippen molar-refractivity contribution in [2.24, 2.45) is 5.92 Å². The molecule has 0 spiro atoms. The maximum Gasteiger partial charge on any atom is 0.303 e. The third kappa shape index (κ3) is 10.5. The first-order valence-electron chi connectivity index (χ1n) is 5.23. The average molecular weight is 209 g/mol. The number of pyridine rings is 1. The molecule has 0 aromatic carbocycles. The number of hydrogen-bond acceptors (Lipinski definition) is 2. The van der Waals surface area contributed by atoms with Crippen LogP contribution in [0.15, 0.2) is 30.6 Å². The van der Waals surface area contributed by atoms with Crippen LogP contribution in [0, 0.1) is 5.92 Å².